The van der Waals surface area contributed by atoms with Gasteiger partial charge in [-0.15, -0.1) is 35.7 Å². The van der Waals surface area contributed by atoms with E-state index in [0.29, 0.717) is 13.2 Å². The van der Waals surface area contributed by atoms with E-state index in [9.17, 15) is 4.39 Å². The number of guanidine groups is 1. The molecule has 1 N–H and O–H groups in total. The monoisotopic (exact) mass is 509 g/mol. The lowest BCUT2D eigenvalue weighted by Crippen LogP contribution is -2.53. The quantitative estimate of drug-likeness (QED) is 0.210. The number of aliphatic imine (C=N–C) groups is 1. The molecule has 0 bridgehead atoms. The second-order valence-electron chi connectivity index (χ2n) is 6.44. The van der Waals surface area contributed by atoms with Crippen molar-refractivity contribution < 1.29 is 13.9 Å². The first-order chi connectivity index (χ1) is 12.8. The maximum Gasteiger partial charge on any atom is 0.194 e. The molecule has 0 radical (unpaired) electrons. The minimum absolute atomic E-state index is 0. The van der Waals surface area contributed by atoms with Crippen LogP contribution >= 0.6 is 35.7 Å². The number of thioether (sulfide) groups is 1. The normalized spacial score (nSPS) is 23.2. The summed E-state index contributed by atoms with van der Waals surface area (Å²) in [4.78, 5) is 8.12. The highest BCUT2D eigenvalue weighted by Gasteiger charge is 2.32. The topological polar surface area (TPSA) is 46.1 Å². The first-order valence-electron chi connectivity index (χ1n) is 9.41. The first-order valence-corrected chi connectivity index (χ1v) is 10.4. The number of morpholine rings is 1. The summed E-state index contributed by atoms with van der Waals surface area (Å²) < 4.78 is 24.7. The zero-order chi connectivity index (χ0) is 18.2. The van der Waals surface area contributed by atoms with Crippen LogP contribution in [0.25, 0.3) is 0 Å². The average molecular weight is 509 g/mol. The fraction of sp³-hybridized carbons (Fsp3) is 0.632. The van der Waals surface area contributed by atoms with Crippen LogP contribution in [0.5, 0.6) is 0 Å². The standard InChI is InChI=1S/C19H28FN3O2S.HI/c1-2-21-19(22-9-13-26-16-7-5-15(20)6-8-16)23-10-12-25-18(14-23)17-4-3-11-24-17;/h5-8,17-18H,2-4,9-14H2,1H3,(H,21,22);1H. The predicted octanol–water partition coefficient (Wildman–Crippen LogP) is 3.38. The number of benzene rings is 1. The van der Waals surface area contributed by atoms with Gasteiger partial charge in [0.1, 0.15) is 11.9 Å². The van der Waals surface area contributed by atoms with Crippen molar-refractivity contribution in [2.24, 2.45) is 4.99 Å². The van der Waals surface area contributed by atoms with Crippen LogP contribution in [0.4, 0.5) is 4.39 Å². The van der Waals surface area contributed by atoms with E-state index in [1.54, 1.807) is 11.8 Å². The molecule has 2 atom stereocenters. The highest BCUT2D eigenvalue weighted by Crippen LogP contribution is 2.21. The average Bonchev–Trinajstić information content (AvgIpc) is 3.21. The largest absolute Gasteiger partial charge is 0.375 e. The van der Waals surface area contributed by atoms with Crippen LogP contribution in [0.3, 0.4) is 0 Å². The molecule has 2 aliphatic heterocycles. The molecule has 5 nitrogen and oxygen atoms in total. The molecule has 3 rings (SSSR count). The molecule has 2 unspecified atom stereocenters. The van der Waals surface area contributed by atoms with E-state index in [-0.39, 0.29) is 42.0 Å². The molecule has 8 heteroatoms. The van der Waals surface area contributed by atoms with E-state index in [1.807, 2.05) is 12.1 Å². The summed E-state index contributed by atoms with van der Waals surface area (Å²) in [7, 11) is 0. The summed E-state index contributed by atoms with van der Waals surface area (Å²) in [5.74, 6) is 1.61. The number of halogens is 2. The van der Waals surface area contributed by atoms with Crippen LogP contribution in [0.2, 0.25) is 0 Å². The Morgan fingerprint density at radius 2 is 2.04 bits per heavy atom. The third-order valence-electron chi connectivity index (χ3n) is 4.54. The Kier molecular flexibility index (Phi) is 10.2. The summed E-state index contributed by atoms with van der Waals surface area (Å²) in [6, 6.07) is 6.61. The van der Waals surface area contributed by atoms with E-state index in [1.165, 1.54) is 12.1 Å². The smallest absolute Gasteiger partial charge is 0.194 e. The second-order valence-corrected chi connectivity index (χ2v) is 7.61. The minimum Gasteiger partial charge on any atom is -0.375 e. The van der Waals surface area contributed by atoms with Gasteiger partial charge in [0, 0.05) is 36.9 Å². The lowest BCUT2D eigenvalue weighted by Gasteiger charge is -2.37. The molecular formula is C19H29FIN3O2S. The summed E-state index contributed by atoms with van der Waals surface area (Å²) in [6.45, 7) is 6.86. The van der Waals surface area contributed by atoms with Crippen molar-refractivity contribution in [3.63, 3.8) is 0 Å². The molecule has 2 aliphatic rings. The summed E-state index contributed by atoms with van der Waals surface area (Å²) in [5.41, 5.74) is 0. The van der Waals surface area contributed by atoms with Gasteiger partial charge < -0.3 is 19.7 Å². The zero-order valence-corrected chi connectivity index (χ0v) is 18.9. The third kappa shape index (κ3) is 7.07. The van der Waals surface area contributed by atoms with Gasteiger partial charge in [-0.2, -0.15) is 0 Å². The van der Waals surface area contributed by atoms with Crippen LogP contribution in [0, 0.1) is 5.82 Å². The number of hydrogen-bond acceptors (Lipinski definition) is 4. The maximum absolute atomic E-state index is 13.0. The van der Waals surface area contributed by atoms with E-state index < -0.39 is 0 Å². The van der Waals surface area contributed by atoms with Crippen LogP contribution in [0.15, 0.2) is 34.2 Å². The van der Waals surface area contributed by atoms with Crippen LogP contribution in [-0.4, -0.2) is 68.2 Å². The van der Waals surface area contributed by atoms with Gasteiger partial charge in [-0.3, -0.25) is 4.99 Å². The maximum atomic E-state index is 13.0. The fourth-order valence-electron chi connectivity index (χ4n) is 3.26. The Labute approximate surface area is 182 Å². The molecule has 2 fully saturated rings. The SMILES string of the molecule is CCNC(=NCCSc1ccc(F)cc1)N1CCOC(C2CCCO2)C1.I. The molecule has 152 valence electrons. The Hall–Kier alpha value is -0.580. The number of hydrogen-bond donors (Lipinski definition) is 1. The Balaban J connectivity index is 0.00000261. The Bertz CT molecular complexity index is 585. The summed E-state index contributed by atoms with van der Waals surface area (Å²) >= 11 is 1.69. The highest BCUT2D eigenvalue weighted by molar-refractivity contribution is 14.0. The predicted molar refractivity (Wildman–Crippen MR) is 119 cm³/mol. The van der Waals surface area contributed by atoms with E-state index >= 15 is 0 Å². The van der Waals surface area contributed by atoms with Crippen LogP contribution in [0.1, 0.15) is 19.8 Å². The molecular weight excluding hydrogens is 480 g/mol. The number of nitrogens with one attached hydrogen (secondary N) is 1. The van der Waals surface area contributed by atoms with E-state index in [4.69, 9.17) is 14.5 Å². The van der Waals surface area contributed by atoms with Gasteiger partial charge in [0.15, 0.2) is 5.96 Å². The molecule has 1 aromatic carbocycles. The Morgan fingerprint density at radius 3 is 2.74 bits per heavy atom. The van der Waals surface area contributed by atoms with Gasteiger partial charge in [0.25, 0.3) is 0 Å². The van der Waals surface area contributed by atoms with Gasteiger partial charge in [0.2, 0.25) is 0 Å². The number of ether oxygens (including phenoxy) is 2. The summed E-state index contributed by atoms with van der Waals surface area (Å²) in [5, 5.41) is 3.39. The number of rotatable bonds is 6. The van der Waals surface area contributed by atoms with Crippen molar-refractivity contribution in [3.8, 4) is 0 Å². The third-order valence-corrected chi connectivity index (χ3v) is 5.53. The van der Waals surface area contributed by atoms with Crippen LogP contribution < -0.4 is 5.32 Å². The molecule has 2 heterocycles. The lowest BCUT2D eigenvalue weighted by molar-refractivity contribution is -0.0816. The molecule has 0 aromatic heterocycles. The van der Waals surface area contributed by atoms with Gasteiger partial charge >= 0.3 is 0 Å². The highest BCUT2D eigenvalue weighted by atomic mass is 127. The first kappa shape index (κ1) is 22.7. The second kappa shape index (κ2) is 12.1. The van der Waals surface area contributed by atoms with Gasteiger partial charge in [-0.05, 0) is 44.0 Å². The molecule has 0 aliphatic carbocycles. The summed E-state index contributed by atoms with van der Waals surface area (Å²) in [6.07, 6.45) is 2.55. The molecule has 0 saturated carbocycles. The molecule has 0 spiro atoms. The molecule has 1 aromatic rings. The van der Waals surface area contributed by atoms with Crippen molar-refractivity contribution in [3.05, 3.63) is 30.1 Å². The van der Waals surface area contributed by atoms with Crippen molar-refractivity contribution in [2.75, 3.05) is 45.1 Å². The van der Waals surface area contributed by atoms with Gasteiger partial charge in [0.05, 0.1) is 19.3 Å². The van der Waals surface area contributed by atoms with E-state index in [2.05, 4.69) is 17.1 Å². The van der Waals surface area contributed by atoms with Gasteiger partial charge in [-0.1, -0.05) is 0 Å². The van der Waals surface area contributed by atoms with Crippen LogP contribution in [-0.2, 0) is 9.47 Å². The van der Waals surface area contributed by atoms with Gasteiger partial charge in [-0.25, -0.2) is 4.39 Å². The van der Waals surface area contributed by atoms with Crippen molar-refractivity contribution in [1.29, 1.82) is 0 Å². The van der Waals surface area contributed by atoms with E-state index in [0.717, 1.165) is 55.7 Å². The Morgan fingerprint density at radius 1 is 1.26 bits per heavy atom. The number of nitrogens with zero attached hydrogens (tertiary/aromatic N) is 2. The fourth-order valence-corrected chi connectivity index (χ4v) is 4.01. The van der Waals surface area contributed by atoms with Crippen molar-refractivity contribution in [1.82, 2.24) is 10.2 Å². The van der Waals surface area contributed by atoms with Crippen molar-refractivity contribution in [2.45, 2.75) is 36.9 Å². The lowest BCUT2D eigenvalue weighted by atomic mass is 10.1. The zero-order valence-electron chi connectivity index (χ0n) is 15.7. The van der Waals surface area contributed by atoms with Crippen molar-refractivity contribution >= 4 is 41.7 Å². The molecule has 2 saturated heterocycles. The molecule has 27 heavy (non-hydrogen) atoms. The minimum atomic E-state index is -0.199. The molecule has 0 amide bonds.